The molecule has 3 aromatic rings. The summed E-state index contributed by atoms with van der Waals surface area (Å²) in [6.07, 6.45) is 0.975. The van der Waals surface area contributed by atoms with E-state index in [4.69, 9.17) is 0 Å². The van der Waals surface area contributed by atoms with E-state index in [1.807, 2.05) is 41.1 Å². The van der Waals surface area contributed by atoms with Crippen LogP contribution in [0.15, 0.2) is 41.1 Å². The number of hydrogen-bond acceptors (Lipinski definition) is 5. The molecule has 1 N–H and O–H groups in total. The average molecular weight is 313 g/mol. The maximum absolute atomic E-state index is 12.0. The van der Waals surface area contributed by atoms with Crippen LogP contribution >= 0.6 is 11.3 Å². The molecule has 0 saturated heterocycles. The highest BCUT2D eigenvalue weighted by atomic mass is 32.1. The van der Waals surface area contributed by atoms with Crippen LogP contribution < -0.4 is 5.32 Å². The summed E-state index contributed by atoms with van der Waals surface area (Å²) in [4.78, 5) is 13.3. The highest BCUT2D eigenvalue weighted by Crippen LogP contribution is 2.16. The molecule has 0 bridgehead atoms. The number of thiophene rings is 1. The molecule has 1 aromatic carbocycles. The Morgan fingerprint density at radius 1 is 1.27 bits per heavy atom. The molecule has 0 spiro atoms. The molecule has 2 aromatic heterocycles. The number of amides is 1. The minimum absolute atomic E-state index is 0.0344. The number of carbonyl (C=O) groups is 1. The van der Waals surface area contributed by atoms with Gasteiger partial charge in [0.1, 0.15) is 6.54 Å². The number of carbonyl (C=O) groups excluding carboxylic acids is 1. The minimum Gasteiger partial charge on any atom is -0.324 e. The molecule has 0 aliphatic rings. The maximum Gasteiger partial charge on any atom is 0.248 e. The molecule has 112 valence electrons. The van der Waals surface area contributed by atoms with Crippen molar-refractivity contribution in [3.05, 3.63) is 46.7 Å². The first-order valence-corrected chi connectivity index (χ1v) is 7.88. The number of aryl methyl sites for hydroxylation is 1. The Bertz CT molecular complexity index is 749. The summed E-state index contributed by atoms with van der Waals surface area (Å²) in [5.74, 6) is 0.347. The van der Waals surface area contributed by atoms with E-state index in [-0.39, 0.29) is 12.5 Å². The molecule has 0 unspecified atom stereocenters. The van der Waals surface area contributed by atoms with Gasteiger partial charge in [0.05, 0.1) is 0 Å². The van der Waals surface area contributed by atoms with Gasteiger partial charge in [-0.1, -0.05) is 19.1 Å². The Kier molecular flexibility index (Phi) is 4.24. The van der Waals surface area contributed by atoms with Crippen molar-refractivity contribution in [1.29, 1.82) is 0 Å². The lowest BCUT2D eigenvalue weighted by atomic mass is 10.1. The largest absolute Gasteiger partial charge is 0.324 e. The fourth-order valence-corrected chi connectivity index (χ4v) is 2.60. The molecule has 1 amide bonds. The van der Waals surface area contributed by atoms with Gasteiger partial charge in [-0.05, 0) is 40.8 Å². The Morgan fingerprint density at radius 3 is 2.77 bits per heavy atom. The standard InChI is InChI=1S/C15H15N5OS/c1-2-11-3-5-13(6-4-11)16-14(21)9-20-18-15(17-19-20)12-7-8-22-10-12/h3-8,10H,2,9H2,1H3,(H,16,21). The van der Waals surface area contributed by atoms with Crippen LogP contribution in [0.2, 0.25) is 0 Å². The smallest absolute Gasteiger partial charge is 0.248 e. The molecule has 0 aliphatic carbocycles. The van der Waals surface area contributed by atoms with Crippen LogP contribution in [-0.4, -0.2) is 26.1 Å². The molecule has 7 heteroatoms. The Morgan fingerprint density at radius 2 is 2.09 bits per heavy atom. The summed E-state index contributed by atoms with van der Waals surface area (Å²) >= 11 is 1.57. The van der Waals surface area contributed by atoms with Crippen LogP contribution in [0.4, 0.5) is 5.69 Å². The zero-order valence-electron chi connectivity index (χ0n) is 12.1. The molecule has 22 heavy (non-hydrogen) atoms. The fourth-order valence-electron chi connectivity index (χ4n) is 1.97. The number of benzene rings is 1. The van der Waals surface area contributed by atoms with Crippen molar-refractivity contribution in [2.24, 2.45) is 0 Å². The number of anilines is 1. The van der Waals surface area contributed by atoms with Gasteiger partial charge in [-0.25, -0.2) is 0 Å². The van der Waals surface area contributed by atoms with Gasteiger partial charge in [-0.15, -0.1) is 10.2 Å². The third-order valence-corrected chi connectivity index (χ3v) is 3.85. The first kappa shape index (κ1) is 14.4. The molecule has 0 saturated carbocycles. The van der Waals surface area contributed by atoms with E-state index < -0.39 is 0 Å². The van der Waals surface area contributed by atoms with Crippen molar-refractivity contribution < 1.29 is 4.79 Å². The van der Waals surface area contributed by atoms with Gasteiger partial charge in [-0.3, -0.25) is 4.79 Å². The lowest BCUT2D eigenvalue weighted by Crippen LogP contribution is -2.20. The molecule has 0 fully saturated rings. The monoisotopic (exact) mass is 313 g/mol. The fraction of sp³-hybridized carbons (Fsp3) is 0.200. The second-order valence-corrected chi connectivity index (χ2v) is 5.53. The molecule has 0 aliphatic heterocycles. The normalized spacial score (nSPS) is 10.6. The molecule has 6 nitrogen and oxygen atoms in total. The minimum atomic E-state index is -0.182. The van der Waals surface area contributed by atoms with Crippen molar-refractivity contribution >= 4 is 22.9 Å². The highest BCUT2D eigenvalue weighted by Gasteiger charge is 2.09. The van der Waals surface area contributed by atoms with Crippen LogP contribution in [-0.2, 0) is 17.8 Å². The van der Waals surface area contributed by atoms with E-state index in [2.05, 4.69) is 27.7 Å². The molecule has 0 radical (unpaired) electrons. The van der Waals surface area contributed by atoms with Crippen molar-refractivity contribution in [2.45, 2.75) is 19.9 Å². The quantitative estimate of drug-likeness (QED) is 0.786. The van der Waals surface area contributed by atoms with Gasteiger partial charge in [0.15, 0.2) is 0 Å². The Balaban J connectivity index is 1.61. The van der Waals surface area contributed by atoms with Crippen LogP contribution in [0.25, 0.3) is 11.4 Å². The van der Waals surface area contributed by atoms with E-state index in [0.29, 0.717) is 5.82 Å². The third-order valence-electron chi connectivity index (χ3n) is 3.16. The first-order valence-electron chi connectivity index (χ1n) is 6.94. The van der Waals surface area contributed by atoms with E-state index in [0.717, 1.165) is 17.7 Å². The molecular formula is C15H15N5OS. The van der Waals surface area contributed by atoms with Crippen LogP contribution in [0.1, 0.15) is 12.5 Å². The van der Waals surface area contributed by atoms with Crippen LogP contribution in [0.3, 0.4) is 0 Å². The lowest BCUT2D eigenvalue weighted by Gasteiger charge is -2.05. The topological polar surface area (TPSA) is 72.7 Å². The van der Waals surface area contributed by atoms with Crippen molar-refractivity contribution in [3.8, 4) is 11.4 Å². The van der Waals surface area contributed by atoms with E-state index >= 15 is 0 Å². The number of nitrogens with one attached hydrogen (secondary N) is 1. The molecule has 0 atom stereocenters. The van der Waals surface area contributed by atoms with Crippen molar-refractivity contribution in [2.75, 3.05) is 5.32 Å². The summed E-state index contributed by atoms with van der Waals surface area (Å²) in [5.41, 5.74) is 2.91. The lowest BCUT2D eigenvalue weighted by molar-refractivity contribution is -0.117. The number of rotatable bonds is 5. The third kappa shape index (κ3) is 3.37. The van der Waals surface area contributed by atoms with Crippen molar-refractivity contribution in [3.63, 3.8) is 0 Å². The highest BCUT2D eigenvalue weighted by molar-refractivity contribution is 7.08. The average Bonchev–Trinajstić information content (AvgIpc) is 3.19. The predicted molar refractivity (Wildman–Crippen MR) is 85.6 cm³/mol. The maximum atomic E-state index is 12.0. The predicted octanol–water partition coefficient (Wildman–Crippen LogP) is 2.60. The van der Waals surface area contributed by atoms with Gasteiger partial charge in [0, 0.05) is 16.6 Å². The number of aromatic nitrogens is 4. The molecular weight excluding hydrogens is 298 g/mol. The molecule has 2 heterocycles. The van der Waals surface area contributed by atoms with Crippen LogP contribution in [0, 0.1) is 0 Å². The second kappa shape index (κ2) is 6.48. The van der Waals surface area contributed by atoms with Crippen molar-refractivity contribution in [1.82, 2.24) is 20.2 Å². The second-order valence-electron chi connectivity index (χ2n) is 4.75. The van der Waals surface area contributed by atoms with E-state index in [1.54, 1.807) is 11.3 Å². The van der Waals surface area contributed by atoms with Gasteiger partial charge in [-0.2, -0.15) is 16.1 Å². The van der Waals surface area contributed by atoms with Gasteiger partial charge >= 0.3 is 0 Å². The Labute approximate surface area is 131 Å². The molecule has 3 rings (SSSR count). The summed E-state index contributed by atoms with van der Waals surface area (Å²) < 4.78 is 0. The van der Waals surface area contributed by atoms with Gasteiger partial charge in [0.2, 0.25) is 11.7 Å². The Hall–Kier alpha value is -2.54. The zero-order valence-corrected chi connectivity index (χ0v) is 12.9. The SMILES string of the molecule is CCc1ccc(NC(=O)Cn2nnc(-c3ccsc3)n2)cc1. The summed E-state index contributed by atoms with van der Waals surface area (Å²) in [7, 11) is 0. The van der Waals surface area contributed by atoms with Gasteiger partial charge in [0.25, 0.3) is 0 Å². The van der Waals surface area contributed by atoms with Gasteiger partial charge < -0.3 is 5.32 Å². The first-order chi connectivity index (χ1) is 10.7. The number of tetrazole rings is 1. The summed E-state index contributed by atoms with van der Waals surface area (Å²) in [6, 6.07) is 9.70. The number of hydrogen-bond donors (Lipinski definition) is 1. The summed E-state index contributed by atoms with van der Waals surface area (Å²) in [5, 5.41) is 18.8. The number of nitrogens with zero attached hydrogens (tertiary/aromatic N) is 4. The van der Waals surface area contributed by atoms with E-state index in [9.17, 15) is 4.79 Å². The summed E-state index contributed by atoms with van der Waals surface area (Å²) in [6.45, 7) is 2.13. The van der Waals surface area contributed by atoms with E-state index in [1.165, 1.54) is 10.4 Å². The zero-order chi connectivity index (χ0) is 15.4. The van der Waals surface area contributed by atoms with Crippen LogP contribution in [0.5, 0.6) is 0 Å².